The van der Waals surface area contributed by atoms with Crippen LogP contribution in [0.5, 0.6) is 0 Å². The Balaban J connectivity index is 1.58. The Kier molecular flexibility index (Phi) is 4.13. The highest BCUT2D eigenvalue weighted by atomic mass is 19.1. The highest BCUT2D eigenvalue weighted by Crippen LogP contribution is 2.60. The van der Waals surface area contributed by atoms with Crippen molar-refractivity contribution < 1.29 is 4.39 Å². The van der Waals surface area contributed by atoms with Crippen molar-refractivity contribution in [2.24, 2.45) is 16.3 Å². The second-order valence-corrected chi connectivity index (χ2v) is 6.28. The summed E-state index contributed by atoms with van der Waals surface area (Å²) in [5.41, 5.74) is 1.17. The molecule has 3 rings (SSSR count). The summed E-state index contributed by atoms with van der Waals surface area (Å²) >= 11 is 0. The van der Waals surface area contributed by atoms with Crippen LogP contribution in [0.15, 0.2) is 29.3 Å². The van der Waals surface area contributed by atoms with Gasteiger partial charge >= 0.3 is 0 Å². The first-order valence-corrected chi connectivity index (χ1v) is 7.99. The van der Waals surface area contributed by atoms with Gasteiger partial charge in [0.2, 0.25) is 0 Å². The van der Waals surface area contributed by atoms with Crippen molar-refractivity contribution in [3.63, 3.8) is 0 Å². The number of benzene rings is 1. The van der Waals surface area contributed by atoms with E-state index in [1.54, 1.807) is 12.1 Å². The van der Waals surface area contributed by atoms with Crippen LogP contribution in [-0.4, -0.2) is 19.0 Å². The van der Waals surface area contributed by atoms with Crippen molar-refractivity contribution in [2.45, 2.75) is 39.2 Å². The third-order valence-corrected chi connectivity index (χ3v) is 4.65. The van der Waals surface area contributed by atoms with Crippen molar-refractivity contribution in [3.8, 4) is 0 Å². The predicted molar refractivity (Wildman–Crippen MR) is 83.6 cm³/mol. The fourth-order valence-electron chi connectivity index (χ4n) is 2.98. The third kappa shape index (κ3) is 3.55. The van der Waals surface area contributed by atoms with E-state index in [0.29, 0.717) is 17.5 Å². The molecule has 2 N–H and O–H groups in total. The number of guanidine groups is 1. The van der Waals surface area contributed by atoms with Crippen LogP contribution in [0, 0.1) is 17.2 Å². The van der Waals surface area contributed by atoms with E-state index < -0.39 is 0 Å². The van der Waals surface area contributed by atoms with Gasteiger partial charge in [0, 0.05) is 18.7 Å². The molecule has 3 nitrogen and oxygen atoms in total. The van der Waals surface area contributed by atoms with Crippen LogP contribution in [0.25, 0.3) is 0 Å². The first-order valence-electron chi connectivity index (χ1n) is 7.99. The molecule has 0 atom stereocenters. The average molecular weight is 289 g/mol. The monoisotopic (exact) mass is 289 g/mol. The highest BCUT2D eigenvalue weighted by molar-refractivity contribution is 5.79. The standard InChI is InChI=1S/C17H24FN3/c1-2-19-16(20-11-13-5-3-4-6-15(13)18)21-12-17(9-10-17)14-7-8-14/h3-6,14H,2,7-12H2,1H3,(H2,19,20,21). The van der Waals surface area contributed by atoms with E-state index in [9.17, 15) is 4.39 Å². The van der Waals surface area contributed by atoms with Gasteiger partial charge < -0.3 is 10.6 Å². The van der Waals surface area contributed by atoms with Gasteiger partial charge in [-0.25, -0.2) is 9.38 Å². The van der Waals surface area contributed by atoms with Gasteiger partial charge in [0.25, 0.3) is 0 Å². The summed E-state index contributed by atoms with van der Waals surface area (Å²) in [5, 5.41) is 6.70. The molecule has 1 aromatic carbocycles. The Morgan fingerprint density at radius 3 is 2.67 bits per heavy atom. The molecule has 0 unspecified atom stereocenters. The topological polar surface area (TPSA) is 36.4 Å². The maximum absolute atomic E-state index is 13.6. The van der Waals surface area contributed by atoms with E-state index in [4.69, 9.17) is 0 Å². The molecule has 114 valence electrons. The summed E-state index contributed by atoms with van der Waals surface area (Å²) in [6.45, 7) is 4.24. The van der Waals surface area contributed by atoms with Gasteiger partial charge in [-0.15, -0.1) is 0 Å². The first kappa shape index (κ1) is 14.4. The quantitative estimate of drug-likeness (QED) is 0.624. The molecule has 2 fully saturated rings. The summed E-state index contributed by atoms with van der Waals surface area (Å²) < 4.78 is 13.6. The normalized spacial score (nSPS) is 20.2. The molecule has 0 aliphatic heterocycles. The van der Waals surface area contributed by atoms with Gasteiger partial charge in [-0.05, 0) is 50.0 Å². The lowest BCUT2D eigenvalue weighted by Gasteiger charge is -2.18. The number of hydrogen-bond acceptors (Lipinski definition) is 1. The zero-order chi connectivity index (χ0) is 14.7. The number of nitrogens with one attached hydrogen (secondary N) is 2. The molecule has 0 saturated heterocycles. The van der Waals surface area contributed by atoms with Crippen molar-refractivity contribution in [1.82, 2.24) is 10.6 Å². The molecule has 21 heavy (non-hydrogen) atoms. The second-order valence-electron chi connectivity index (χ2n) is 6.28. The lowest BCUT2D eigenvalue weighted by molar-refractivity contribution is 0.431. The van der Waals surface area contributed by atoms with Crippen LogP contribution in [0.2, 0.25) is 0 Å². The summed E-state index contributed by atoms with van der Waals surface area (Å²) in [5.74, 6) is 1.54. The van der Waals surface area contributed by atoms with Crippen molar-refractivity contribution in [1.29, 1.82) is 0 Å². The van der Waals surface area contributed by atoms with Crippen molar-refractivity contribution in [3.05, 3.63) is 35.6 Å². The smallest absolute Gasteiger partial charge is 0.191 e. The molecule has 2 aliphatic carbocycles. The summed E-state index contributed by atoms with van der Waals surface area (Å²) in [7, 11) is 0. The van der Waals surface area contributed by atoms with Gasteiger partial charge in [-0.2, -0.15) is 0 Å². The van der Waals surface area contributed by atoms with Crippen LogP contribution < -0.4 is 10.6 Å². The van der Waals surface area contributed by atoms with Crippen LogP contribution in [-0.2, 0) is 6.54 Å². The van der Waals surface area contributed by atoms with Crippen LogP contribution in [0.1, 0.15) is 38.2 Å². The maximum atomic E-state index is 13.6. The number of nitrogens with zero attached hydrogens (tertiary/aromatic N) is 1. The minimum Gasteiger partial charge on any atom is -0.357 e. The molecule has 2 aliphatic rings. The third-order valence-electron chi connectivity index (χ3n) is 4.65. The van der Waals surface area contributed by atoms with Crippen LogP contribution in [0.3, 0.4) is 0 Å². The molecule has 0 heterocycles. The van der Waals surface area contributed by atoms with Gasteiger partial charge in [-0.3, -0.25) is 0 Å². The van der Waals surface area contributed by atoms with E-state index in [2.05, 4.69) is 15.6 Å². The fraction of sp³-hybridized carbons (Fsp3) is 0.588. The lowest BCUT2D eigenvalue weighted by Crippen LogP contribution is -2.40. The largest absolute Gasteiger partial charge is 0.357 e. The predicted octanol–water partition coefficient (Wildman–Crippen LogP) is 3.07. The molecule has 0 bridgehead atoms. The fourth-order valence-corrected chi connectivity index (χ4v) is 2.98. The van der Waals surface area contributed by atoms with E-state index in [0.717, 1.165) is 25.0 Å². The molecular weight excluding hydrogens is 265 g/mol. The van der Waals surface area contributed by atoms with Crippen LogP contribution in [0.4, 0.5) is 4.39 Å². The zero-order valence-electron chi connectivity index (χ0n) is 12.7. The zero-order valence-corrected chi connectivity index (χ0v) is 12.7. The van der Waals surface area contributed by atoms with Gasteiger partial charge in [0.1, 0.15) is 5.82 Å². The second kappa shape index (κ2) is 6.04. The Hall–Kier alpha value is -1.58. The van der Waals surface area contributed by atoms with Gasteiger partial charge in [0.15, 0.2) is 5.96 Å². The van der Waals surface area contributed by atoms with E-state index in [1.807, 2.05) is 13.0 Å². The molecule has 4 heteroatoms. The molecule has 0 spiro atoms. The average Bonchev–Trinajstić information content (AvgIpc) is 3.37. The Morgan fingerprint density at radius 1 is 1.29 bits per heavy atom. The molecule has 0 aromatic heterocycles. The lowest BCUT2D eigenvalue weighted by atomic mass is 10.0. The molecule has 0 radical (unpaired) electrons. The molecule has 0 amide bonds. The summed E-state index contributed by atoms with van der Waals surface area (Å²) in [6, 6.07) is 6.82. The first-order chi connectivity index (χ1) is 10.2. The molecule has 2 saturated carbocycles. The van der Waals surface area contributed by atoms with E-state index in [1.165, 1.54) is 31.7 Å². The molecule has 1 aromatic rings. The summed E-state index contributed by atoms with van der Waals surface area (Å²) in [4.78, 5) is 4.51. The Morgan fingerprint density at radius 2 is 2.05 bits per heavy atom. The minimum atomic E-state index is -0.186. The number of rotatable bonds is 6. The highest BCUT2D eigenvalue weighted by Gasteiger charge is 2.53. The van der Waals surface area contributed by atoms with Gasteiger partial charge in [0.05, 0.1) is 6.54 Å². The Labute approximate surface area is 126 Å². The van der Waals surface area contributed by atoms with Crippen molar-refractivity contribution in [2.75, 3.05) is 13.1 Å². The maximum Gasteiger partial charge on any atom is 0.191 e. The SMILES string of the molecule is CCNC(=NCc1ccccc1F)NCC1(C2CC2)CC1. The Bertz CT molecular complexity index is 519. The number of halogens is 1. The van der Waals surface area contributed by atoms with E-state index in [-0.39, 0.29) is 5.82 Å². The van der Waals surface area contributed by atoms with Gasteiger partial charge in [-0.1, -0.05) is 18.2 Å². The van der Waals surface area contributed by atoms with E-state index >= 15 is 0 Å². The molecular formula is C17H24FN3. The number of hydrogen-bond donors (Lipinski definition) is 2. The number of aliphatic imine (C=N–C) groups is 1. The van der Waals surface area contributed by atoms with Crippen LogP contribution >= 0.6 is 0 Å². The summed E-state index contributed by atoms with van der Waals surface area (Å²) in [6.07, 6.45) is 5.48. The van der Waals surface area contributed by atoms with Crippen molar-refractivity contribution >= 4 is 5.96 Å². The minimum absolute atomic E-state index is 0.186.